The second kappa shape index (κ2) is 11.5. The molecule has 1 aliphatic carbocycles. The number of hydrogen-bond donors (Lipinski definition) is 0. The molecule has 1 saturated carbocycles. The van der Waals surface area contributed by atoms with Crippen molar-refractivity contribution >= 4 is 23.4 Å². The Kier molecular flexibility index (Phi) is 7.72. The molecule has 0 bridgehead atoms. The number of ether oxygens (including phenoxy) is 2. The zero-order valence-corrected chi connectivity index (χ0v) is 22.1. The summed E-state index contributed by atoms with van der Waals surface area (Å²) in [4.78, 5) is 24.7. The molecule has 2 atom stereocenters. The fourth-order valence-electron chi connectivity index (χ4n) is 5.34. The minimum absolute atomic E-state index is 0.00768. The van der Waals surface area contributed by atoms with Gasteiger partial charge in [-0.1, -0.05) is 30.3 Å². The predicted molar refractivity (Wildman–Crippen MR) is 150 cm³/mol. The maximum atomic E-state index is 13.8. The van der Waals surface area contributed by atoms with E-state index in [9.17, 15) is 14.9 Å². The molecule has 8 nitrogen and oxygen atoms in total. The highest BCUT2D eigenvalue weighted by atomic mass is 16.6. The molecule has 0 unspecified atom stereocenters. The minimum Gasteiger partial charge on any atom is -0.494 e. The molecule has 0 aromatic heterocycles. The number of amides is 1. The molecule has 2 aliphatic rings. The summed E-state index contributed by atoms with van der Waals surface area (Å²) in [5.74, 6) is 1.23. The SMILES string of the molecule is CCOc1ccc(/C=C2\CCC[C@@H]3C2=NN(C(=O)c2cccc([N+](=O)[O-])c2)[C@@H]3c2ccc(OCC)cc2)cc1. The van der Waals surface area contributed by atoms with Crippen LogP contribution in [0.3, 0.4) is 0 Å². The van der Waals surface area contributed by atoms with Crippen LogP contribution in [0.1, 0.15) is 60.6 Å². The summed E-state index contributed by atoms with van der Waals surface area (Å²) in [6, 6.07) is 21.2. The lowest BCUT2D eigenvalue weighted by Crippen LogP contribution is -2.32. The molecule has 8 heteroatoms. The van der Waals surface area contributed by atoms with Crippen molar-refractivity contribution in [3.63, 3.8) is 0 Å². The van der Waals surface area contributed by atoms with Crippen LogP contribution in [0.2, 0.25) is 0 Å². The van der Waals surface area contributed by atoms with E-state index in [1.54, 1.807) is 6.07 Å². The zero-order chi connectivity index (χ0) is 27.4. The predicted octanol–water partition coefficient (Wildman–Crippen LogP) is 6.83. The van der Waals surface area contributed by atoms with E-state index in [1.807, 2.05) is 62.4 Å². The van der Waals surface area contributed by atoms with Gasteiger partial charge in [0.05, 0.1) is 29.9 Å². The summed E-state index contributed by atoms with van der Waals surface area (Å²) < 4.78 is 11.2. The summed E-state index contributed by atoms with van der Waals surface area (Å²) in [7, 11) is 0. The normalized spacial score (nSPS) is 19.4. The molecular formula is C31H31N3O5. The van der Waals surface area contributed by atoms with Crippen LogP contribution in [-0.2, 0) is 0 Å². The lowest BCUT2D eigenvalue weighted by Gasteiger charge is -2.29. The number of allylic oxidation sites excluding steroid dienone is 1. The molecule has 1 heterocycles. The van der Waals surface area contributed by atoms with Gasteiger partial charge in [0.1, 0.15) is 11.5 Å². The van der Waals surface area contributed by atoms with E-state index in [4.69, 9.17) is 14.6 Å². The van der Waals surface area contributed by atoms with Gasteiger partial charge < -0.3 is 9.47 Å². The smallest absolute Gasteiger partial charge is 0.274 e. The highest BCUT2D eigenvalue weighted by Gasteiger charge is 2.44. The van der Waals surface area contributed by atoms with Crippen LogP contribution in [0, 0.1) is 16.0 Å². The number of carbonyl (C=O) groups is 1. The second-order valence-corrected chi connectivity index (χ2v) is 9.56. The highest BCUT2D eigenvalue weighted by Crippen LogP contribution is 2.45. The third-order valence-corrected chi connectivity index (χ3v) is 7.08. The first-order valence-electron chi connectivity index (χ1n) is 13.3. The Balaban J connectivity index is 1.53. The molecule has 1 aliphatic heterocycles. The maximum absolute atomic E-state index is 13.8. The summed E-state index contributed by atoms with van der Waals surface area (Å²) >= 11 is 0. The lowest BCUT2D eigenvalue weighted by molar-refractivity contribution is -0.384. The average molecular weight is 526 g/mol. The van der Waals surface area contributed by atoms with Crippen molar-refractivity contribution in [3.05, 3.63) is 105 Å². The number of hydrazone groups is 1. The number of benzene rings is 3. The van der Waals surface area contributed by atoms with E-state index in [0.717, 1.165) is 53.2 Å². The van der Waals surface area contributed by atoms with E-state index in [-0.39, 0.29) is 29.1 Å². The minimum atomic E-state index is -0.492. The van der Waals surface area contributed by atoms with Crippen LogP contribution in [0.4, 0.5) is 5.69 Å². The standard InChI is InChI=1S/C31H31N3O5/c1-3-38-26-15-11-21(12-16-26)19-23-7-6-10-28-29(23)32-33(30(28)22-13-17-27(18-14-22)39-4-2)31(35)24-8-5-9-25(20-24)34(36)37/h5,8-9,11-20,28,30H,3-4,6-7,10H2,1-2H3/b23-19+/t28-,30-/m1/s1. The van der Waals surface area contributed by atoms with E-state index >= 15 is 0 Å². The Morgan fingerprint density at radius 3 is 2.33 bits per heavy atom. The fourth-order valence-corrected chi connectivity index (χ4v) is 5.34. The molecule has 0 N–H and O–H groups in total. The highest BCUT2D eigenvalue weighted by molar-refractivity contribution is 6.09. The van der Waals surface area contributed by atoms with Gasteiger partial charge in [0.15, 0.2) is 0 Å². The van der Waals surface area contributed by atoms with E-state index in [1.165, 1.54) is 23.2 Å². The van der Waals surface area contributed by atoms with E-state index < -0.39 is 4.92 Å². The summed E-state index contributed by atoms with van der Waals surface area (Å²) in [5.41, 5.74) is 4.09. The zero-order valence-electron chi connectivity index (χ0n) is 22.1. The van der Waals surface area contributed by atoms with Crippen LogP contribution in [0.5, 0.6) is 11.5 Å². The van der Waals surface area contributed by atoms with Crippen molar-refractivity contribution < 1.29 is 19.2 Å². The molecule has 5 rings (SSSR count). The van der Waals surface area contributed by atoms with Crippen molar-refractivity contribution in [1.82, 2.24) is 5.01 Å². The van der Waals surface area contributed by atoms with Gasteiger partial charge in [0, 0.05) is 23.6 Å². The number of rotatable bonds is 8. The lowest BCUT2D eigenvalue weighted by atomic mass is 9.77. The molecule has 3 aromatic carbocycles. The quantitative estimate of drug-likeness (QED) is 0.237. The molecule has 39 heavy (non-hydrogen) atoms. The van der Waals surface area contributed by atoms with Crippen molar-refractivity contribution in [2.75, 3.05) is 13.2 Å². The van der Waals surface area contributed by atoms with Gasteiger partial charge in [0.2, 0.25) is 0 Å². The Hall–Kier alpha value is -4.46. The number of nitro benzene ring substituents is 1. The Morgan fingerprint density at radius 2 is 1.69 bits per heavy atom. The molecule has 3 aromatic rings. The third kappa shape index (κ3) is 5.55. The number of nitro groups is 1. The number of non-ortho nitro benzene ring substituents is 1. The van der Waals surface area contributed by atoms with Crippen LogP contribution < -0.4 is 9.47 Å². The second-order valence-electron chi connectivity index (χ2n) is 9.56. The van der Waals surface area contributed by atoms with Gasteiger partial charge in [0.25, 0.3) is 11.6 Å². The first-order valence-corrected chi connectivity index (χ1v) is 13.3. The van der Waals surface area contributed by atoms with Gasteiger partial charge in [-0.15, -0.1) is 0 Å². The summed E-state index contributed by atoms with van der Waals surface area (Å²) in [5, 5.41) is 17.8. The molecule has 0 radical (unpaired) electrons. The number of hydrogen-bond acceptors (Lipinski definition) is 6. The Bertz CT molecular complexity index is 1410. The van der Waals surface area contributed by atoms with E-state index in [2.05, 4.69) is 6.08 Å². The largest absolute Gasteiger partial charge is 0.494 e. The number of nitrogens with zero attached hydrogens (tertiary/aromatic N) is 3. The van der Waals surface area contributed by atoms with Crippen LogP contribution in [-0.4, -0.2) is 34.8 Å². The monoisotopic (exact) mass is 525 g/mol. The van der Waals surface area contributed by atoms with Crippen molar-refractivity contribution in [2.24, 2.45) is 11.0 Å². The van der Waals surface area contributed by atoms with Gasteiger partial charge in [-0.3, -0.25) is 14.9 Å². The maximum Gasteiger partial charge on any atom is 0.274 e. The van der Waals surface area contributed by atoms with Gasteiger partial charge in [-0.2, -0.15) is 5.10 Å². The first-order chi connectivity index (χ1) is 19.0. The summed E-state index contributed by atoms with van der Waals surface area (Å²) in [6.07, 6.45) is 4.85. The van der Waals surface area contributed by atoms with Crippen molar-refractivity contribution in [3.8, 4) is 11.5 Å². The number of carbonyl (C=O) groups excluding carboxylic acids is 1. The topological polar surface area (TPSA) is 94.3 Å². The third-order valence-electron chi connectivity index (χ3n) is 7.08. The van der Waals surface area contributed by atoms with E-state index in [0.29, 0.717) is 13.2 Å². The van der Waals surface area contributed by atoms with Crippen LogP contribution in [0.15, 0.2) is 83.5 Å². The first kappa shape index (κ1) is 26.2. The van der Waals surface area contributed by atoms with Crippen LogP contribution >= 0.6 is 0 Å². The molecule has 200 valence electrons. The van der Waals surface area contributed by atoms with Gasteiger partial charge >= 0.3 is 0 Å². The van der Waals surface area contributed by atoms with Crippen molar-refractivity contribution in [1.29, 1.82) is 0 Å². The van der Waals surface area contributed by atoms with Gasteiger partial charge in [-0.05, 0) is 86.2 Å². The molecule has 1 fully saturated rings. The van der Waals surface area contributed by atoms with Gasteiger partial charge in [-0.25, -0.2) is 5.01 Å². The Labute approximate surface area is 227 Å². The van der Waals surface area contributed by atoms with Crippen LogP contribution in [0.25, 0.3) is 6.08 Å². The summed E-state index contributed by atoms with van der Waals surface area (Å²) in [6.45, 7) is 5.07. The number of fused-ring (bicyclic) bond motifs is 1. The van der Waals surface area contributed by atoms with Crippen molar-refractivity contribution in [2.45, 2.75) is 39.2 Å². The Morgan fingerprint density at radius 1 is 1.03 bits per heavy atom. The molecular weight excluding hydrogens is 494 g/mol. The molecule has 0 saturated heterocycles. The average Bonchev–Trinajstić information content (AvgIpc) is 3.35. The fraction of sp³-hybridized carbons (Fsp3) is 0.290. The molecule has 1 amide bonds. The molecule has 0 spiro atoms.